The highest BCUT2D eigenvalue weighted by atomic mass is 16.2. The number of carbonyl (C=O) groups is 1. The van der Waals surface area contributed by atoms with Crippen LogP contribution in [-0.2, 0) is 4.79 Å². The molecule has 3 nitrogen and oxygen atoms in total. The number of rotatable bonds is 3. The fourth-order valence-electron chi connectivity index (χ4n) is 2.93. The summed E-state index contributed by atoms with van der Waals surface area (Å²) in [4.78, 5) is 13.8. The lowest BCUT2D eigenvalue weighted by molar-refractivity contribution is -0.129. The molecule has 1 aliphatic heterocycles. The van der Waals surface area contributed by atoms with E-state index in [0.717, 1.165) is 19.0 Å². The summed E-state index contributed by atoms with van der Waals surface area (Å²) >= 11 is 0. The minimum atomic E-state index is 0.302. The van der Waals surface area contributed by atoms with Gasteiger partial charge in [-0.1, -0.05) is 19.8 Å². The number of likely N-dealkylation sites (tertiary alicyclic amines) is 1. The highest BCUT2D eigenvalue weighted by Crippen LogP contribution is 2.23. The number of hydrogen-bond acceptors (Lipinski definition) is 2. The minimum Gasteiger partial charge on any atom is -0.342 e. The standard InChI is InChI=1S/C13H24N2O/c1-11-5-4-6-12(9-11)14-10-13(16)15-7-2-3-8-15/h11-12,14H,2-10H2,1H3. The lowest BCUT2D eigenvalue weighted by Gasteiger charge is -2.28. The van der Waals surface area contributed by atoms with Crippen molar-refractivity contribution in [2.45, 2.75) is 51.5 Å². The van der Waals surface area contributed by atoms with Gasteiger partial charge in [0.05, 0.1) is 6.54 Å². The summed E-state index contributed by atoms with van der Waals surface area (Å²) in [5.74, 6) is 1.13. The molecule has 1 N–H and O–H groups in total. The van der Waals surface area contributed by atoms with E-state index in [2.05, 4.69) is 12.2 Å². The summed E-state index contributed by atoms with van der Waals surface area (Å²) in [5.41, 5.74) is 0. The van der Waals surface area contributed by atoms with Crippen molar-refractivity contribution in [1.29, 1.82) is 0 Å². The number of nitrogens with zero attached hydrogens (tertiary/aromatic N) is 1. The van der Waals surface area contributed by atoms with Gasteiger partial charge in [0.15, 0.2) is 0 Å². The van der Waals surface area contributed by atoms with E-state index < -0.39 is 0 Å². The van der Waals surface area contributed by atoms with Crippen molar-refractivity contribution in [3.8, 4) is 0 Å². The molecule has 2 unspecified atom stereocenters. The molecule has 1 saturated carbocycles. The van der Waals surface area contributed by atoms with Gasteiger partial charge >= 0.3 is 0 Å². The molecular weight excluding hydrogens is 200 g/mol. The Morgan fingerprint density at radius 3 is 2.69 bits per heavy atom. The average Bonchev–Trinajstić information content (AvgIpc) is 2.79. The smallest absolute Gasteiger partial charge is 0.236 e. The molecule has 1 aliphatic carbocycles. The van der Waals surface area contributed by atoms with Crippen LogP contribution in [0, 0.1) is 5.92 Å². The van der Waals surface area contributed by atoms with Crippen molar-refractivity contribution in [3.05, 3.63) is 0 Å². The van der Waals surface area contributed by atoms with Crippen molar-refractivity contribution >= 4 is 5.91 Å². The maximum absolute atomic E-state index is 11.8. The molecule has 1 amide bonds. The monoisotopic (exact) mass is 224 g/mol. The van der Waals surface area contributed by atoms with Crippen LogP contribution in [-0.4, -0.2) is 36.5 Å². The van der Waals surface area contributed by atoms with Crippen LogP contribution < -0.4 is 5.32 Å². The molecule has 0 aromatic heterocycles. The molecule has 0 aromatic rings. The van der Waals surface area contributed by atoms with Gasteiger partial charge in [0.25, 0.3) is 0 Å². The third kappa shape index (κ3) is 3.21. The van der Waals surface area contributed by atoms with Crippen LogP contribution in [0.2, 0.25) is 0 Å². The van der Waals surface area contributed by atoms with Crippen molar-refractivity contribution in [2.24, 2.45) is 5.92 Å². The largest absolute Gasteiger partial charge is 0.342 e. The lowest BCUT2D eigenvalue weighted by atomic mass is 9.87. The van der Waals surface area contributed by atoms with Gasteiger partial charge in [-0.3, -0.25) is 4.79 Å². The summed E-state index contributed by atoms with van der Waals surface area (Å²) in [6.07, 6.45) is 7.54. The fourth-order valence-corrected chi connectivity index (χ4v) is 2.93. The lowest BCUT2D eigenvalue weighted by Crippen LogP contribution is -2.42. The Labute approximate surface area is 98.6 Å². The highest BCUT2D eigenvalue weighted by Gasteiger charge is 2.21. The summed E-state index contributed by atoms with van der Waals surface area (Å²) in [7, 11) is 0. The molecule has 3 heteroatoms. The van der Waals surface area contributed by atoms with E-state index in [1.165, 1.54) is 38.5 Å². The normalized spacial score (nSPS) is 30.7. The first-order chi connectivity index (χ1) is 7.75. The minimum absolute atomic E-state index is 0.302. The quantitative estimate of drug-likeness (QED) is 0.792. The molecule has 2 aliphatic rings. The summed E-state index contributed by atoms with van der Waals surface area (Å²) < 4.78 is 0. The van der Waals surface area contributed by atoms with Crippen LogP contribution in [0.1, 0.15) is 45.4 Å². The van der Waals surface area contributed by atoms with E-state index in [9.17, 15) is 4.79 Å². The second-order valence-corrected chi connectivity index (χ2v) is 5.44. The zero-order chi connectivity index (χ0) is 11.4. The maximum atomic E-state index is 11.8. The molecule has 1 heterocycles. The van der Waals surface area contributed by atoms with Gasteiger partial charge in [-0.15, -0.1) is 0 Å². The van der Waals surface area contributed by atoms with Gasteiger partial charge < -0.3 is 10.2 Å². The molecule has 2 fully saturated rings. The van der Waals surface area contributed by atoms with E-state index in [0.29, 0.717) is 18.5 Å². The summed E-state index contributed by atoms with van der Waals surface area (Å²) in [6, 6.07) is 0.579. The van der Waals surface area contributed by atoms with Crippen LogP contribution in [0.4, 0.5) is 0 Å². The molecule has 92 valence electrons. The van der Waals surface area contributed by atoms with Gasteiger partial charge in [-0.25, -0.2) is 0 Å². The van der Waals surface area contributed by atoms with Crippen molar-refractivity contribution < 1.29 is 4.79 Å². The molecule has 2 atom stereocenters. The Hall–Kier alpha value is -0.570. The van der Waals surface area contributed by atoms with E-state index >= 15 is 0 Å². The van der Waals surface area contributed by atoms with E-state index in [1.54, 1.807) is 0 Å². The zero-order valence-corrected chi connectivity index (χ0v) is 10.4. The molecule has 16 heavy (non-hydrogen) atoms. The first kappa shape index (κ1) is 11.9. The van der Waals surface area contributed by atoms with Crippen LogP contribution >= 0.6 is 0 Å². The Morgan fingerprint density at radius 1 is 1.25 bits per heavy atom. The SMILES string of the molecule is CC1CCCC(NCC(=O)N2CCCC2)C1. The van der Waals surface area contributed by atoms with E-state index in [-0.39, 0.29) is 0 Å². The van der Waals surface area contributed by atoms with Crippen molar-refractivity contribution in [2.75, 3.05) is 19.6 Å². The molecule has 0 spiro atoms. The van der Waals surface area contributed by atoms with Gasteiger partial charge in [0.2, 0.25) is 5.91 Å². The first-order valence-electron chi connectivity index (χ1n) is 6.77. The molecular formula is C13H24N2O. The number of nitrogens with one attached hydrogen (secondary N) is 1. The fraction of sp³-hybridized carbons (Fsp3) is 0.923. The average molecular weight is 224 g/mol. The van der Waals surface area contributed by atoms with Crippen molar-refractivity contribution in [1.82, 2.24) is 10.2 Å². The van der Waals surface area contributed by atoms with Crippen LogP contribution in [0.3, 0.4) is 0 Å². The zero-order valence-electron chi connectivity index (χ0n) is 10.4. The second-order valence-electron chi connectivity index (χ2n) is 5.44. The summed E-state index contributed by atoms with van der Waals surface area (Å²) in [6.45, 7) is 4.82. The van der Waals surface area contributed by atoms with E-state index in [4.69, 9.17) is 0 Å². The Balaban J connectivity index is 1.67. The molecule has 0 bridgehead atoms. The maximum Gasteiger partial charge on any atom is 0.236 e. The Morgan fingerprint density at radius 2 is 2.00 bits per heavy atom. The van der Waals surface area contributed by atoms with Crippen LogP contribution in [0.15, 0.2) is 0 Å². The third-order valence-electron chi connectivity index (χ3n) is 3.94. The Kier molecular flexibility index (Phi) is 4.22. The predicted octanol–water partition coefficient (Wildman–Crippen LogP) is 1.78. The van der Waals surface area contributed by atoms with Gasteiger partial charge in [0.1, 0.15) is 0 Å². The predicted molar refractivity (Wildman–Crippen MR) is 65.2 cm³/mol. The van der Waals surface area contributed by atoms with Gasteiger partial charge in [-0.2, -0.15) is 0 Å². The number of hydrogen-bond donors (Lipinski definition) is 1. The van der Waals surface area contributed by atoms with Crippen LogP contribution in [0.5, 0.6) is 0 Å². The molecule has 1 saturated heterocycles. The topological polar surface area (TPSA) is 32.3 Å². The van der Waals surface area contributed by atoms with Crippen LogP contribution in [0.25, 0.3) is 0 Å². The Bertz CT molecular complexity index is 236. The number of amides is 1. The van der Waals surface area contributed by atoms with Gasteiger partial charge in [-0.05, 0) is 31.6 Å². The summed E-state index contributed by atoms with van der Waals surface area (Å²) in [5, 5.41) is 3.44. The van der Waals surface area contributed by atoms with Gasteiger partial charge in [0, 0.05) is 19.1 Å². The number of carbonyl (C=O) groups excluding carboxylic acids is 1. The van der Waals surface area contributed by atoms with Crippen molar-refractivity contribution in [3.63, 3.8) is 0 Å². The third-order valence-corrected chi connectivity index (χ3v) is 3.94. The highest BCUT2D eigenvalue weighted by molar-refractivity contribution is 5.78. The molecule has 0 aromatic carbocycles. The first-order valence-corrected chi connectivity index (χ1v) is 6.77. The second kappa shape index (κ2) is 5.67. The van der Waals surface area contributed by atoms with E-state index in [1.807, 2.05) is 4.90 Å². The molecule has 0 radical (unpaired) electrons. The molecule has 2 rings (SSSR count).